The van der Waals surface area contributed by atoms with Crippen molar-refractivity contribution in [2.45, 2.75) is 71.8 Å². The Kier molecular flexibility index (Phi) is 6.50. The highest BCUT2D eigenvalue weighted by Gasteiger charge is 2.27. The second-order valence-electron chi connectivity index (χ2n) is 6.72. The molecule has 0 heterocycles. The summed E-state index contributed by atoms with van der Waals surface area (Å²) in [5.41, 5.74) is 6.01. The molecule has 17 heavy (non-hydrogen) atoms. The van der Waals surface area contributed by atoms with E-state index in [-0.39, 0.29) is 0 Å². The number of hydrogen-bond donors (Lipinski definition) is 2. The summed E-state index contributed by atoms with van der Waals surface area (Å²) in [5, 5.41) is 3.71. The van der Waals surface area contributed by atoms with Gasteiger partial charge in [-0.2, -0.15) is 0 Å². The van der Waals surface area contributed by atoms with Gasteiger partial charge in [-0.1, -0.05) is 27.2 Å². The fourth-order valence-corrected chi connectivity index (χ4v) is 2.95. The van der Waals surface area contributed by atoms with Crippen LogP contribution in [-0.4, -0.2) is 19.1 Å². The Balaban J connectivity index is 2.23. The summed E-state index contributed by atoms with van der Waals surface area (Å²) in [5.74, 6) is 0.915. The third-order valence-electron chi connectivity index (χ3n) is 4.26. The molecule has 2 unspecified atom stereocenters. The molecular formula is C15H32N2. The fourth-order valence-electron chi connectivity index (χ4n) is 2.95. The lowest BCUT2D eigenvalue weighted by molar-refractivity contribution is 0.213. The highest BCUT2D eigenvalue weighted by Crippen LogP contribution is 2.36. The highest BCUT2D eigenvalue weighted by atomic mass is 14.9. The molecule has 0 aromatic carbocycles. The van der Waals surface area contributed by atoms with Gasteiger partial charge >= 0.3 is 0 Å². The van der Waals surface area contributed by atoms with E-state index < -0.39 is 0 Å². The monoisotopic (exact) mass is 240 g/mol. The van der Waals surface area contributed by atoms with Crippen LogP contribution in [0.25, 0.3) is 0 Å². The third-order valence-corrected chi connectivity index (χ3v) is 4.26. The average Bonchev–Trinajstić information content (AvgIpc) is 2.49. The largest absolute Gasteiger partial charge is 0.330 e. The lowest BCUT2D eigenvalue weighted by Gasteiger charge is -2.29. The van der Waals surface area contributed by atoms with E-state index in [0.717, 1.165) is 31.5 Å². The van der Waals surface area contributed by atoms with Crippen LogP contribution in [0.4, 0.5) is 0 Å². The van der Waals surface area contributed by atoms with Crippen molar-refractivity contribution in [2.24, 2.45) is 17.1 Å². The van der Waals surface area contributed by atoms with Gasteiger partial charge in [-0.15, -0.1) is 0 Å². The molecule has 2 nitrogen and oxygen atoms in total. The molecule has 1 fully saturated rings. The first-order chi connectivity index (χ1) is 8.04. The summed E-state index contributed by atoms with van der Waals surface area (Å²) in [4.78, 5) is 0. The zero-order valence-corrected chi connectivity index (χ0v) is 12.1. The van der Waals surface area contributed by atoms with Crippen LogP contribution in [-0.2, 0) is 0 Å². The van der Waals surface area contributed by atoms with Crippen molar-refractivity contribution in [1.82, 2.24) is 5.32 Å². The normalized spacial score (nSPS) is 26.8. The lowest BCUT2D eigenvalue weighted by Crippen LogP contribution is -2.30. The van der Waals surface area contributed by atoms with Crippen molar-refractivity contribution in [3.05, 3.63) is 0 Å². The van der Waals surface area contributed by atoms with Gasteiger partial charge in [0.15, 0.2) is 0 Å². The van der Waals surface area contributed by atoms with E-state index in [9.17, 15) is 0 Å². The standard InChI is InChI=1S/C15H32N2/c1-15(2,3)13-7-6-8-14(10-9-13)17-12-5-4-11-16/h13-14,17H,4-12,16H2,1-3H3. The molecule has 0 aliphatic heterocycles. The van der Waals surface area contributed by atoms with Crippen LogP contribution < -0.4 is 11.1 Å². The number of nitrogens with two attached hydrogens (primary N) is 1. The molecule has 2 atom stereocenters. The topological polar surface area (TPSA) is 38.0 Å². The van der Waals surface area contributed by atoms with Crippen molar-refractivity contribution in [3.8, 4) is 0 Å². The molecule has 3 N–H and O–H groups in total. The molecule has 0 radical (unpaired) electrons. The Bertz CT molecular complexity index is 196. The molecule has 0 spiro atoms. The van der Waals surface area contributed by atoms with Crippen LogP contribution in [0.2, 0.25) is 0 Å². The molecule has 2 heteroatoms. The van der Waals surface area contributed by atoms with E-state index in [1.807, 2.05) is 0 Å². The smallest absolute Gasteiger partial charge is 0.00671 e. The highest BCUT2D eigenvalue weighted by molar-refractivity contribution is 4.81. The van der Waals surface area contributed by atoms with Crippen molar-refractivity contribution in [3.63, 3.8) is 0 Å². The van der Waals surface area contributed by atoms with Gasteiger partial charge in [-0.3, -0.25) is 0 Å². The van der Waals surface area contributed by atoms with Crippen LogP contribution in [0.5, 0.6) is 0 Å². The summed E-state index contributed by atoms with van der Waals surface area (Å²) in [6, 6.07) is 0.764. The van der Waals surface area contributed by atoms with E-state index in [0.29, 0.717) is 5.41 Å². The SMILES string of the molecule is CC(C)(C)C1CCCC(NCCCCN)CC1. The third kappa shape index (κ3) is 5.87. The van der Waals surface area contributed by atoms with E-state index in [2.05, 4.69) is 26.1 Å². The molecule has 1 aliphatic carbocycles. The van der Waals surface area contributed by atoms with Gasteiger partial charge in [-0.25, -0.2) is 0 Å². The van der Waals surface area contributed by atoms with Gasteiger partial charge in [0, 0.05) is 6.04 Å². The van der Waals surface area contributed by atoms with Crippen LogP contribution in [0.3, 0.4) is 0 Å². The molecule has 0 bridgehead atoms. The number of unbranched alkanes of at least 4 members (excludes halogenated alkanes) is 1. The first-order valence-corrected chi connectivity index (χ1v) is 7.47. The summed E-state index contributed by atoms with van der Waals surface area (Å²) < 4.78 is 0. The summed E-state index contributed by atoms with van der Waals surface area (Å²) in [6.45, 7) is 9.17. The van der Waals surface area contributed by atoms with Gasteiger partial charge < -0.3 is 11.1 Å². The van der Waals surface area contributed by atoms with Gasteiger partial charge in [-0.05, 0) is 62.9 Å². The molecule has 1 saturated carbocycles. The summed E-state index contributed by atoms with van der Waals surface area (Å²) in [6.07, 6.45) is 9.35. The Morgan fingerprint density at radius 1 is 1.06 bits per heavy atom. The number of hydrogen-bond acceptors (Lipinski definition) is 2. The van der Waals surface area contributed by atoms with Gasteiger partial charge in [0.25, 0.3) is 0 Å². The Morgan fingerprint density at radius 3 is 2.47 bits per heavy atom. The summed E-state index contributed by atoms with van der Waals surface area (Å²) in [7, 11) is 0. The van der Waals surface area contributed by atoms with E-state index in [1.165, 1.54) is 38.5 Å². The van der Waals surface area contributed by atoms with Crippen molar-refractivity contribution >= 4 is 0 Å². The van der Waals surface area contributed by atoms with Crippen LogP contribution in [0.1, 0.15) is 65.7 Å². The average molecular weight is 240 g/mol. The maximum atomic E-state index is 5.51. The number of rotatable bonds is 5. The predicted molar refractivity (Wildman–Crippen MR) is 76.1 cm³/mol. The molecule has 0 aromatic heterocycles. The van der Waals surface area contributed by atoms with Crippen LogP contribution >= 0.6 is 0 Å². The second kappa shape index (κ2) is 7.38. The molecular weight excluding hydrogens is 208 g/mol. The van der Waals surface area contributed by atoms with Crippen LogP contribution in [0, 0.1) is 11.3 Å². The first-order valence-electron chi connectivity index (χ1n) is 7.47. The van der Waals surface area contributed by atoms with E-state index >= 15 is 0 Å². The fraction of sp³-hybridized carbons (Fsp3) is 1.00. The maximum Gasteiger partial charge on any atom is 0.00671 e. The van der Waals surface area contributed by atoms with Gasteiger partial charge in [0.2, 0.25) is 0 Å². The molecule has 0 amide bonds. The van der Waals surface area contributed by atoms with E-state index in [1.54, 1.807) is 0 Å². The van der Waals surface area contributed by atoms with Crippen molar-refractivity contribution in [1.29, 1.82) is 0 Å². The quantitative estimate of drug-likeness (QED) is 0.571. The Labute approximate surface area is 108 Å². The molecule has 0 aromatic rings. The molecule has 102 valence electrons. The molecule has 1 rings (SSSR count). The van der Waals surface area contributed by atoms with Crippen LogP contribution in [0.15, 0.2) is 0 Å². The predicted octanol–water partition coefficient (Wildman–Crippen LogP) is 3.31. The first kappa shape index (κ1) is 15.0. The minimum atomic E-state index is 0.494. The maximum absolute atomic E-state index is 5.51. The minimum Gasteiger partial charge on any atom is -0.330 e. The molecule has 1 aliphatic rings. The minimum absolute atomic E-state index is 0.494. The molecule has 0 saturated heterocycles. The number of nitrogens with one attached hydrogen (secondary N) is 1. The lowest BCUT2D eigenvalue weighted by atomic mass is 9.76. The summed E-state index contributed by atoms with van der Waals surface area (Å²) >= 11 is 0. The zero-order chi connectivity index (χ0) is 12.7. The Hall–Kier alpha value is -0.0800. The zero-order valence-electron chi connectivity index (χ0n) is 12.1. The second-order valence-corrected chi connectivity index (χ2v) is 6.72. The van der Waals surface area contributed by atoms with Crippen molar-refractivity contribution in [2.75, 3.05) is 13.1 Å². The van der Waals surface area contributed by atoms with Gasteiger partial charge in [0.05, 0.1) is 0 Å². The van der Waals surface area contributed by atoms with Gasteiger partial charge in [0.1, 0.15) is 0 Å². The van der Waals surface area contributed by atoms with E-state index in [4.69, 9.17) is 5.73 Å². The van der Waals surface area contributed by atoms with Crippen molar-refractivity contribution < 1.29 is 0 Å². The Morgan fingerprint density at radius 2 is 1.82 bits per heavy atom.